The third kappa shape index (κ3) is 3.88. The molecule has 1 fully saturated rings. The van der Waals surface area contributed by atoms with Crippen LogP contribution in [0.4, 0.5) is 5.82 Å². The lowest BCUT2D eigenvalue weighted by Gasteiger charge is -2.27. The van der Waals surface area contributed by atoms with Gasteiger partial charge in [0, 0.05) is 25.3 Å². The molecule has 0 spiro atoms. The predicted molar refractivity (Wildman–Crippen MR) is 89.1 cm³/mol. The summed E-state index contributed by atoms with van der Waals surface area (Å²) in [6.07, 6.45) is 0. The average Bonchev–Trinajstić information content (AvgIpc) is 2.93. The number of anilines is 1. The van der Waals surface area contributed by atoms with Gasteiger partial charge in [0.05, 0.1) is 25.5 Å². The maximum Gasteiger partial charge on any atom is 0.271 e. The molecule has 24 heavy (non-hydrogen) atoms. The molecule has 2 aromatic rings. The van der Waals surface area contributed by atoms with Crippen molar-refractivity contribution >= 4 is 11.7 Å². The van der Waals surface area contributed by atoms with Crippen molar-refractivity contribution in [2.24, 2.45) is 0 Å². The standard InChI is InChI=1S/C16H22N6O2/c1-12-11-13(2)22(20-12)6-5-17-16(23)14-3-4-15(19-18-14)21-7-9-24-10-8-21/h3-4,11H,5-10H2,1-2H3,(H,17,23). The first-order chi connectivity index (χ1) is 11.6. The van der Waals surface area contributed by atoms with E-state index in [1.165, 1.54) is 0 Å². The smallest absolute Gasteiger partial charge is 0.271 e. The van der Waals surface area contributed by atoms with Gasteiger partial charge in [-0.15, -0.1) is 10.2 Å². The summed E-state index contributed by atoms with van der Waals surface area (Å²) in [6.45, 7) is 8.04. The van der Waals surface area contributed by atoms with Gasteiger partial charge in [-0.25, -0.2) is 0 Å². The molecule has 8 nitrogen and oxygen atoms in total. The molecule has 1 aliphatic heterocycles. The molecule has 2 aromatic heterocycles. The number of amides is 1. The highest BCUT2D eigenvalue weighted by molar-refractivity contribution is 5.92. The molecular weight excluding hydrogens is 308 g/mol. The molecule has 0 unspecified atom stereocenters. The van der Waals surface area contributed by atoms with Crippen LogP contribution in [0.25, 0.3) is 0 Å². The number of hydrogen-bond donors (Lipinski definition) is 1. The van der Waals surface area contributed by atoms with Crippen LogP contribution in [0.5, 0.6) is 0 Å². The third-order valence-corrected chi connectivity index (χ3v) is 3.93. The second-order valence-corrected chi connectivity index (χ2v) is 5.78. The quantitative estimate of drug-likeness (QED) is 0.862. The zero-order chi connectivity index (χ0) is 16.9. The van der Waals surface area contributed by atoms with Crippen LogP contribution in [-0.4, -0.2) is 58.7 Å². The number of aromatic nitrogens is 4. The van der Waals surface area contributed by atoms with Crippen molar-refractivity contribution in [3.8, 4) is 0 Å². The van der Waals surface area contributed by atoms with Gasteiger partial charge in [0.15, 0.2) is 11.5 Å². The molecule has 0 bridgehead atoms. The fourth-order valence-corrected chi connectivity index (χ4v) is 2.67. The molecule has 3 rings (SSSR count). The van der Waals surface area contributed by atoms with Gasteiger partial charge in [0.1, 0.15) is 0 Å². The van der Waals surface area contributed by atoms with E-state index in [0.717, 1.165) is 30.3 Å². The van der Waals surface area contributed by atoms with E-state index in [2.05, 4.69) is 25.5 Å². The van der Waals surface area contributed by atoms with Crippen LogP contribution < -0.4 is 10.2 Å². The fourth-order valence-electron chi connectivity index (χ4n) is 2.67. The second kappa shape index (κ2) is 7.39. The second-order valence-electron chi connectivity index (χ2n) is 5.78. The first-order valence-electron chi connectivity index (χ1n) is 8.09. The molecule has 0 aliphatic carbocycles. The van der Waals surface area contributed by atoms with Crippen molar-refractivity contribution in [3.05, 3.63) is 35.3 Å². The van der Waals surface area contributed by atoms with Gasteiger partial charge in [-0.2, -0.15) is 5.10 Å². The molecular formula is C16H22N6O2. The van der Waals surface area contributed by atoms with E-state index in [4.69, 9.17) is 4.74 Å². The summed E-state index contributed by atoms with van der Waals surface area (Å²) in [5.41, 5.74) is 2.38. The zero-order valence-electron chi connectivity index (χ0n) is 14.0. The first kappa shape index (κ1) is 16.4. The fraction of sp³-hybridized carbons (Fsp3) is 0.500. The Hall–Kier alpha value is -2.48. The topological polar surface area (TPSA) is 85.2 Å². The molecule has 128 valence electrons. The molecule has 3 heterocycles. The van der Waals surface area contributed by atoms with Crippen molar-refractivity contribution in [2.75, 3.05) is 37.7 Å². The van der Waals surface area contributed by atoms with Crippen LogP contribution >= 0.6 is 0 Å². The minimum absolute atomic E-state index is 0.224. The van der Waals surface area contributed by atoms with E-state index >= 15 is 0 Å². The van der Waals surface area contributed by atoms with Gasteiger partial charge < -0.3 is 15.0 Å². The first-order valence-corrected chi connectivity index (χ1v) is 8.09. The average molecular weight is 330 g/mol. The van der Waals surface area contributed by atoms with Gasteiger partial charge in [-0.05, 0) is 32.0 Å². The van der Waals surface area contributed by atoms with E-state index in [1.54, 1.807) is 6.07 Å². The van der Waals surface area contributed by atoms with Crippen LogP contribution in [0.3, 0.4) is 0 Å². The Balaban J connectivity index is 1.52. The van der Waals surface area contributed by atoms with Crippen molar-refractivity contribution in [3.63, 3.8) is 0 Å². The molecule has 1 aliphatic rings. The Bertz CT molecular complexity index is 691. The summed E-state index contributed by atoms with van der Waals surface area (Å²) in [6, 6.07) is 5.54. The number of nitrogens with one attached hydrogen (secondary N) is 1. The number of ether oxygens (including phenoxy) is 1. The SMILES string of the molecule is Cc1cc(C)n(CCNC(=O)c2ccc(N3CCOCC3)nn2)n1. The van der Waals surface area contributed by atoms with Crippen LogP contribution in [0.15, 0.2) is 18.2 Å². The van der Waals surface area contributed by atoms with Crippen molar-refractivity contribution in [2.45, 2.75) is 20.4 Å². The number of aryl methyl sites for hydroxylation is 2. The highest BCUT2D eigenvalue weighted by atomic mass is 16.5. The summed E-state index contributed by atoms with van der Waals surface area (Å²) in [5, 5.41) is 15.4. The van der Waals surface area contributed by atoms with Crippen LogP contribution in [0.2, 0.25) is 0 Å². The van der Waals surface area contributed by atoms with Crippen LogP contribution in [0.1, 0.15) is 21.9 Å². The van der Waals surface area contributed by atoms with Gasteiger partial charge in [-0.3, -0.25) is 9.48 Å². The van der Waals surface area contributed by atoms with E-state index in [0.29, 0.717) is 32.0 Å². The van der Waals surface area contributed by atoms with Crippen molar-refractivity contribution < 1.29 is 9.53 Å². The van der Waals surface area contributed by atoms with Gasteiger partial charge in [0.2, 0.25) is 0 Å². The number of rotatable bonds is 5. The minimum atomic E-state index is -0.224. The molecule has 1 N–H and O–H groups in total. The molecule has 0 aromatic carbocycles. The summed E-state index contributed by atoms with van der Waals surface area (Å²) in [5.74, 6) is 0.551. The molecule has 1 saturated heterocycles. The maximum atomic E-state index is 12.1. The maximum absolute atomic E-state index is 12.1. The Morgan fingerprint density at radius 1 is 1.25 bits per heavy atom. The number of carbonyl (C=O) groups is 1. The number of hydrogen-bond acceptors (Lipinski definition) is 6. The van der Waals surface area contributed by atoms with E-state index in [-0.39, 0.29) is 5.91 Å². The number of morpholine rings is 1. The lowest BCUT2D eigenvalue weighted by Crippen LogP contribution is -2.37. The Labute approximate surface area is 140 Å². The predicted octanol–water partition coefficient (Wildman–Crippen LogP) is 0.557. The molecule has 8 heteroatoms. The summed E-state index contributed by atoms with van der Waals surface area (Å²) in [4.78, 5) is 14.2. The number of nitrogens with zero attached hydrogens (tertiary/aromatic N) is 5. The summed E-state index contributed by atoms with van der Waals surface area (Å²) < 4.78 is 7.19. The van der Waals surface area contributed by atoms with Gasteiger partial charge >= 0.3 is 0 Å². The van der Waals surface area contributed by atoms with Crippen LogP contribution in [0, 0.1) is 13.8 Å². The summed E-state index contributed by atoms with van der Waals surface area (Å²) in [7, 11) is 0. The van der Waals surface area contributed by atoms with Gasteiger partial charge in [-0.1, -0.05) is 0 Å². The molecule has 0 atom stereocenters. The lowest BCUT2D eigenvalue weighted by atomic mass is 10.3. The monoisotopic (exact) mass is 330 g/mol. The Kier molecular flexibility index (Phi) is 5.05. The Morgan fingerprint density at radius 3 is 2.67 bits per heavy atom. The minimum Gasteiger partial charge on any atom is -0.378 e. The largest absolute Gasteiger partial charge is 0.378 e. The lowest BCUT2D eigenvalue weighted by molar-refractivity contribution is 0.0945. The third-order valence-electron chi connectivity index (χ3n) is 3.93. The van der Waals surface area contributed by atoms with E-state index in [9.17, 15) is 4.79 Å². The van der Waals surface area contributed by atoms with Crippen LogP contribution in [-0.2, 0) is 11.3 Å². The molecule has 0 radical (unpaired) electrons. The van der Waals surface area contributed by atoms with Gasteiger partial charge in [0.25, 0.3) is 5.91 Å². The van der Waals surface area contributed by atoms with E-state index in [1.807, 2.05) is 30.7 Å². The molecule has 1 amide bonds. The normalized spacial score (nSPS) is 14.7. The van der Waals surface area contributed by atoms with Crippen molar-refractivity contribution in [1.29, 1.82) is 0 Å². The number of carbonyl (C=O) groups excluding carboxylic acids is 1. The highest BCUT2D eigenvalue weighted by Gasteiger charge is 2.14. The Morgan fingerprint density at radius 2 is 2.04 bits per heavy atom. The van der Waals surface area contributed by atoms with Crippen molar-refractivity contribution in [1.82, 2.24) is 25.3 Å². The highest BCUT2D eigenvalue weighted by Crippen LogP contribution is 2.11. The zero-order valence-corrected chi connectivity index (χ0v) is 14.0. The van der Waals surface area contributed by atoms with E-state index < -0.39 is 0 Å². The summed E-state index contributed by atoms with van der Waals surface area (Å²) >= 11 is 0. The molecule has 0 saturated carbocycles.